The van der Waals surface area contributed by atoms with E-state index in [4.69, 9.17) is 17.0 Å². The SMILES string of the molecule is N=C(c1ccccc1Cl)c1sc2ccccc2c1O. The van der Waals surface area contributed by atoms with E-state index in [1.165, 1.54) is 11.3 Å². The average Bonchev–Trinajstić information content (AvgIpc) is 2.77. The van der Waals surface area contributed by atoms with E-state index in [2.05, 4.69) is 0 Å². The van der Waals surface area contributed by atoms with Crippen LogP contribution in [0.5, 0.6) is 5.75 Å². The molecule has 0 aliphatic rings. The minimum Gasteiger partial charge on any atom is -0.506 e. The molecule has 94 valence electrons. The molecule has 0 unspecified atom stereocenters. The second kappa shape index (κ2) is 4.68. The molecule has 0 aliphatic carbocycles. The maximum atomic E-state index is 10.2. The maximum Gasteiger partial charge on any atom is 0.143 e. The largest absolute Gasteiger partial charge is 0.506 e. The second-order valence-corrected chi connectivity index (χ2v) is 5.59. The van der Waals surface area contributed by atoms with Crippen LogP contribution in [0.2, 0.25) is 5.02 Å². The molecule has 2 N–H and O–H groups in total. The first-order valence-corrected chi connectivity index (χ1v) is 6.92. The Hall–Kier alpha value is -1.84. The zero-order chi connectivity index (χ0) is 13.4. The molecule has 0 amide bonds. The van der Waals surface area contributed by atoms with Gasteiger partial charge in [0.1, 0.15) is 5.75 Å². The van der Waals surface area contributed by atoms with E-state index in [0.717, 1.165) is 10.1 Å². The van der Waals surface area contributed by atoms with Gasteiger partial charge in [-0.2, -0.15) is 0 Å². The Morgan fingerprint density at radius 2 is 1.74 bits per heavy atom. The monoisotopic (exact) mass is 287 g/mol. The fourth-order valence-electron chi connectivity index (χ4n) is 1.99. The van der Waals surface area contributed by atoms with Gasteiger partial charge in [0.25, 0.3) is 0 Å². The molecule has 19 heavy (non-hydrogen) atoms. The fraction of sp³-hybridized carbons (Fsp3) is 0. The molecule has 0 saturated heterocycles. The van der Waals surface area contributed by atoms with Crippen LogP contribution in [0.1, 0.15) is 10.4 Å². The lowest BCUT2D eigenvalue weighted by Gasteiger charge is -2.04. The summed E-state index contributed by atoms with van der Waals surface area (Å²) in [4.78, 5) is 0.550. The molecule has 0 saturated carbocycles. The number of aromatic hydroxyl groups is 1. The lowest BCUT2D eigenvalue weighted by Crippen LogP contribution is -1.99. The van der Waals surface area contributed by atoms with Gasteiger partial charge < -0.3 is 5.11 Å². The standard InChI is InChI=1S/C15H10ClNOS/c16-11-7-3-1-5-9(11)13(17)15-14(18)10-6-2-4-8-12(10)19-15/h1-8,17-18H. The van der Waals surface area contributed by atoms with E-state index in [-0.39, 0.29) is 11.5 Å². The van der Waals surface area contributed by atoms with Crippen LogP contribution in [0.4, 0.5) is 0 Å². The Kier molecular flexibility index (Phi) is 3.01. The summed E-state index contributed by atoms with van der Waals surface area (Å²) in [6.45, 7) is 0. The van der Waals surface area contributed by atoms with Crippen LogP contribution in [0.25, 0.3) is 10.1 Å². The van der Waals surface area contributed by atoms with Crippen molar-refractivity contribution in [2.45, 2.75) is 0 Å². The summed E-state index contributed by atoms with van der Waals surface area (Å²) in [6.07, 6.45) is 0. The third kappa shape index (κ3) is 2.01. The molecule has 1 heterocycles. The molecule has 2 aromatic carbocycles. The highest BCUT2D eigenvalue weighted by Gasteiger charge is 2.17. The highest BCUT2D eigenvalue weighted by Crippen LogP contribution is 2.38. The Morgan fingerprint density at radius 1 is 1.05 bits per heavy atom. The number of fused-ring (bicyclic) bond motifs is 1. The third-order valence-corrected chi connectivity index (χ3v) is 4.45. The molecule has 0 radical (unpaired) electrons. The molecule has 2 nitrogen and oxygen atoms in total. The van der Waals surface area contributed by atoms with E-state index in [0.29, 0.717) is 15.5 Å². The second-order valence-electron chi connectivity index (χ2n) is 4.13. The quantitative estimate of drug-likeness (QED) is 0.661. The van der Waals surface area contributed by atoms with Crippen molar-refractivity contribution in [2.75, 3.05) is 0 Å². The van der Waals surface area contributed by atoms with Crippen LogP contribution in [0.15, 0.2) is 48.5 Å². The molecule has 3 aromatic rings. The van der Waals surface area contributed by atoms with Crippen molar-refractivity contribution < 1.29 is 5.11 Å². The van der Waals surface area contributed by atoms with Crippen molar-refractivity contribution in [3.05, 3.63) is 64.0 Å². The van der Waals surface area contributed by atoms with Crippen molar-refractivity contribution in [1.82, 2.24) is 0 Å². The molecule has 0 bridgehead atoms. The number of halogens is 1. The number of hydrogen-bond donors (Lipinski definition) is 2. The van der Waals surface area contributed by atoms with Crippen LogP contribution in [0.3, 0.4) is 0 Å². The minimum absolute atomic E-state index is 0.158. The van der Waals surface area contributed by atoms with Gasteiger partial charge in [-0.05, 0) is 18.2 Å². The molecule has 0 aliphatic heterocycles. The smallest absolute Gasteiger partial charge is 0.143 e. The Bertz CT molecular complexity index is 779. The van der Waals surface area contributed by atoms with Gasteiger partial charge in [-0.25, -0.2) is 0 Å². The van der Waals surface area contributed by atoms with Gasteiger partial charge in [0.05, 0.1) is 10.6 Å². The summed E-state index contributed by atoms with van der Waals surface area (Å²) < 4.78 is 0.965. The normalized spacial score (nSPS) is 10.8. The van der Waals surface area contributed by atoms with Crippen molar-refractivity contribution in [3.63, 3.8) is 0 Å². The Balaban J connectivity index is 2.17. The highest BCUT2D eigenvalue weighted by atomic mass is 35.5. The zero-order valence-corrected chi connectivity index (χ0v) is 11.4. The summed E-state index contributed by atoms with van der Waals surface area (Å²) in [5, 5.41) is 19.8. The maximum absolute atomic E-state index is 10.2. The Morgan fingerprint density at radius 3 is 2.47 bits per heavy atom. The average molecular weight is 288 g/mol. The molecule has 4 heteroatoms. The topological polar surface area (TPSA) is 44.1 Å². The van der Waals surface area contributed by atoms with Gasteiger partial charge in [-0.1, -0.05) is 41.9 Å². The van der Waals surface area contributed by atoms with Crippen molar-refractivity contribution in [2.24, 2.45) is 0 Å². The van der Waals surface area contributed by atoms with Crippen molar-refractivity contribution >= 4 is 38.7 Å². The van der Waals surface area contributed by atoms with Gasteiger partial charge in [0, 0.05) is 20.7 Å². The van der Waals surface area contributed by atoms with E-state index >= 15 is 0 Å². The molecule has 0 fully saturated rings. The van der Waals surface area contributed by atoms with Gasteiger partial charge in [-0.15, -0.1) is 11.3 Å². The number of thiophene rings is 1. The number of nitrogens with one attached hydrogen (secondary N) is 1. The van der Waals surface area contributed by atoms with Crippen LogP contribution < -0.4 is 0 Å². The zero-order valence-electron chi connectivity index (χ0n) is 9.85. The summed E-state index contributed by atoms with van der Waals surface area (Å²) in [6, 6.07) is 14.8. The first-order valence-electron chi connectivity index (χ1n) is 5.73. The lowest BCUT2D eigenvalue weighted by molar-refractivity contribution is 0.482. The molecular formula is C15H10ClNOS. The third-order valence-electron chi connectivity index (χ3n) is 2.94. The summed E-state index contributed by atoms with van der Waals surface area (Å²) in [5.41, 5.74) is 0.885. The predicted molar refractivity (Wildman–Crippen MR) is 80.9 cm³/mol. The summed E-state index contributed by atoms with van der Waals surface area (Å²) >= 11 is 7.50. The molecule has 1 aromatic heterocycles. The molecule has 0 spiro atoms. The Labute approximate surface area is 119 Å². The predicted octanol–water partition coefficient (Wildman–Crippen LogP) is 4.68. The summed E-state index contributed by atoms with van der Waals surface area (Å²) in [5.74, 6) is 0.158. The number of rotatable bonds is 2. The lowest BCUT2D eigenvalue weighted by atomic mass is 10.1. The first-order chi connectivity index (χ1) is 9.18. The van der Waals surface area contributed by atoms with Gasteiger partial charge in [0.2, 0.25) is 0 Å². The van der Waals surface area contributed by atoms with E-state index in [1.807, 2.05) is 36.4 Å². The van der Waals surface area contributed by atoms with Gasteiger partial charge >= 0.3 is 0 Å². The molecular weight excluding hydrogens is 278 g/mol. The van der Waals surface area contributed by atoms with Crippen LogP contribution in [-0.4, -0.2) is 10.8 Å². The fourth-order valence-corrected chi connectivity index (χ4v) is 3.28. The number of hydrogen-bond acceptors (Lipinski definition) is 3. The van der Waals surface area contributed by atoms with Crippen LogP contribution in [0, 0.1) is 5.41 Å². The first kappa shape index (κ1) is 12.2. The van der Waals surface area contributed by atoms with Gasteiger partial charge in [0.15, 0.2) is 0 Å². The highest BCUT2D eigenvalue weighted by molar-refractivity contribution is 7.21. The van der Waals surface area contributed by atoms with E-state index < -0.39 is 0 Å². The summed E-state index contributed by atoms with van der Waals surface area (Å²) in [7, 11) is 0. The van der Waals surface area contributed by atoms with Crippen molar-refractivity contribution in [3.8, 4) is 5.75 Å². The van der Waals surface area contributed by atoms with E-state index in [1.54, 1.807) is 12.1 Å². The number of benzene rings is 2. The minimum atomic E-state index is 0.158. The van der Waals surface area contributed by atoms with Crippen LogP contribution >= 0.6 is 22.9 Å². The van der Waals surface area contributed by atoms with E-state index in [9.17, 15) is 5.11 Å². The van der Waals surface area contributed by atoms with Gasteiger partial charge in [-0.3, -0.25) is 5.41 Å². The molecule has 0 atom stereocenters. The van der Waals surface area contributed by atoms with Crippen LogP contribution in [-0.2, 0) is 0 Å². The molecule has 3 rings (SSSR count). The van der Waals surface area contributed by atoms with Crippen molar-refractivity contribution in [1.29, 1.82) is 5.41 Å².